The van der Waals surface area contributed by atoms with Crippen molar-refractivity contribution in [2.45, 2.75) is 37.4 Å². The molecule has 0 spiro atoms. The van der Waals surface area contributed by atoms with Gasteiger partial charge >= 0.3 is 7.12 Å². The molecule has 0 bridgehead atoms. The molecule has 0 saturated heterocycles. The average molecular weight is 429 g/mol. The summed E-state index contributed by atoms with van der Waals surface area (Å²) in [7, 11) is -1.04. The van der Waals surface area contributed by atoms with Crippen molar-refractivity contribution >= 4 is 58.3 Å². The SMILES string of the molecule is O=Cc1cc(Br)cs1.O=Cc1cc(C2CC2)cs1.OB(O)C1CC1. The van der Waals surface area contributed by atoms with Crippen LogP contribution in [-0.4, -0.2) is 29.7 Å². The molecule has 2 saturated carbocycles. The monoisotopic (exact) mass is 428 g/mol. The number of halogens is 1. The minimum Gasteiger partial charge on any atom is -0.427 e. The third kappa shape index (κ3) is 6.98. The molecule has 2 aliphatic carbocycles. The molecule has 2 fully saturated rings. The molecule has 0 aromatic carbocycles. The van der Waals surface area contributed by atoms with Gasteiger partial charge in [-0.1, -0.05) is 12.8 Å². The molecule has 8 heteroatoms. The van der Waals surface area contributed by atoms with Crippen molar-refractivity contribution in [2.24, 2.45) is 0 Å². The number of aldehydes is 2. The van der Waals surface area contributed by atoms with E-state index in [0.717, 1.165) is 45.6 Å². The Morgan fingerprint density at radius 3 is 1.88 bits per heavy atom. The highest BCUT2D eigenvalue weighted by atomic mass is 79.9. The maximum Gasteiger partial charge on any atom is 0.454 e. The Morgan fingerprint density at radius 1 is 1.00 bits per heavy atom. The van der Waals surface area contributed by atoms with E-state index in [2.05, 4.69) is 21.3 Å². The van der Waals surface area contributed by atoms with Crippen molar-refractivity contribution in [1.29, 1.82) is 0 Å². The predicted molar refractivity (Wildman–Crippen MR) is 102 cm³/mol. The van der Waals surface area contributed by atoms with Gasteiger partial charge in [-0.2, -0.15) is 0 Å². The summed E-state index contributed by atoms with van der Waals surface area (Å²) in [5.41, 5.74) is 1.37. The van der Waals surface area contributed by atoms with Crippen molar-refractivity contribution in [2.75, 3.05) is 0 Å². The number of hydrogen-bond donors (Lipinski definition) is 2. The van der Waals surface area contributed by atoms with E-state index >= 15 is 0 Å². The lowest BCUT2D eigenvalue weighted by Gasteiger charge is -1.84. The Balaban J connectivity index is 0.000000135. The van der Waals surface area contributed by atoms with E-state index in [1.807, 2.05) is 11.4 Å². The zero-order valence-electron chi connectivity index (χ0n) is 12.9. The van der Waals surface area contributed by atoms with E-state index in [-0.39, 0.29) is 5.82 Å². The molecule has 2 N–H and O–H groups in total. The first-order valence-electron chi connectivity index (χ1n) is 7.62. The van der Waals surface area contributed by atoms with Crippen molar-refractivity contribution in [1.82, 2.24) is 0 Å². The van der Waals surface area contributed by atoms with E-state index < -0.39 is 7.12 Å². The Kier molecular flexibility index (Phi) is 7.83. The molecule has 24 heavy (non-hydrogen) atoms. The van der Waals surface area contributed by atoms with Crippen LogP contribution in [0.15, 0.2) is 27.4 Å². The summed E-state index contributed by atoms with van der Waals surface area (Å²) in [5.74, 6) is 0.995. The molecule has 0 aliphatic heterocycles. The molecular formula is C16H18BBrO4S2. The zero-order chi connectivity index (χ0) is 17.5. The smallest absolute Gasteiger partial charge is 0.427 e. The number of carbonyl (C=O) groups is 2. The van der Waals surface area contributed by atoms with Gasteiger partial charge in [0.1, 0.15) is 0 Å². The van der Waals surface area contributed by atoms with Crippen molar-refractivity contribution in [3.8, 4) is 0 Å². The molecule has 4 rings (SSSR count). The van der Waals surface area contributed by atoms with E-state index in [4.69, 9.17) is 10.0 Å². The summed E-state index contributed by atoms with van der Waals surface area (Å²) in [6, 6.07) is 3.80. The first kappa shape index (κ1) is 19.5. The summed E-state index contributed by atoms with van der Waals surface area (Å²) < 4.78 is 0.976. The van der Waals surface area contributed by atoms with Crippen LogP contribution in [0.25, 0.3) is 0 Å². The van der Waals surface area contributed by atoms with E-state index in [0.29, 0.717) is 0 Å². The number of rotatable bonds is 4. The first-order valence-corrected chi connectivity index (χ1v) is 10.2. The second-order valence-electron chi connectivity index (χ2n) is 5.71. The van der Waals surface area contributed by atoms with Crippen LogP contribution >= 0.6 is 38.6 Å². The Hall–Kier alpha value is -0.795. The molecule has 2 aliphatic rings. The van der Waals surface area contributed by atoms with Gasteiger partial charge in [-0.3, -0.25) is 9.59 Å². The fraction of sp³-hybridized carbons (Fsp3) is 0.375. The topological polar surface area (TPSA) is 74.6 Å². The molecule has 2 aromatic rings. The van der Waals surface area contributed by atoms with Gasteiger partial charge in [0, 0.05) is 9.85 Å². The normalized spacial score (nSPS) is 15.5. The number of hydrogen-bond acceptors (Lipinski definition) is 6. The lowest BCUT2D eigenvalue weighted by molar-refractivity contribution is 0.111. The molecule has 0 atom stereocenters. The van der Waals surface area contributed by atoms with E-state index in [1.165, 1.54) is 29.7 Å². The van der Waals surface area contributed by atoms with E-state index in [1.54, 1.807) is 17.4 Å². The second kappa shape index (κ2) is 9.63. The predicted octanol–water partition coefficient (Wildman–Crippen LogP) is 4.38. The molecule has 128 valence electrons. The summed E-state index contributed by atoms with van der Waals surface area (Å²) in [4.78, 5) is 21.9. The maximum absolute atomic E-state index is 10.3. The van der Waals surface area contributed by atoms with Gasteiger partial charge in [0.05, 0.1) is 9.75 Å². The largest absolute Gasteiger partial charge is 0.454 e. The van der Waals surface area contributed by atoms with Gasteiger partial charge in [0.2, 0.25) is 0 Å². The minimum atomic E-state index is -1.04. The number of thiophene rings is 2. The van der Waals surface area contributed by atoms with Gasteiger partial charge in [0.25, 0.3) is 0 Å². The molecule has 2 aromatic heterocycles. The molecule has 0 amide bonds. The minimum absolute atomic E-state index is 0.213. The molecule has 2 heterocycles. The van der Waals surface area contributed by atoms with Gasteiger partial charge in [-0.05, 0) is 63.6 Å². The van der Waals surface area contributed by atoms with Crippen molar-refractivity contribution in [3.63, 3.8) is 0 Å². The van der Waals surface area contributed by atoms with Crippen LogP contribution in [0, 0.1) is 0 Å². The van der Waals surface area contributed by atoms with Gasteiger partial charge in [0.15, 0.2) is 12.6 Å². The number of carbonyl (C=O) groups excluding carboxylic acids is 2. The van der Waals surface area contributed by atoms with Crippen LogP contribution in [0.4, 0.5) is 0 Å². The third-order valence-electron chi connectivity index (χ3n) is 3.55. The highest BCUT2D eigenvalue weighted by Gasteiger charge is 2.33. The summed E-state index contributed by atoms with van der Waals surface area (Å²) in [6.45, 7) is 0. The summed E-state index contributed by atoms with van der Waals surface area (Å²) >= 11 is 6.21. The lowest BCUT2D eigenvalue weighted by Crippen LogP contribution is -2.09. The van der Waals surface area contributed by atoms with E-state index in [9.17, 15) is 9.59 Å². The fourth-order valence-electron chi connectivity index (χ4n) is 1.85. The summed E-state index contributed by atoms with van der Waals surface area (Å²) in [5, 5.41) is 20.5. The molecule has 0 radical (unpaired) electrons. The third-order valence-corrected chi connectivity index (χ3v) is 6.05. The second-order valence-corrected chi connectivity index (χ2v) is 8.51. The van der Waals surface area contributed by atoms with Gasteiger partial charge < -0.3 is 10.0 Å². The van der Waals surface area contributed by atoms with Crippen LogP contribution < -0.4 is 0 Å². The summed E-state index contributed by atoms with van der Waals surface area (Å²) in [6.07, 6.45) is 6.39. The lowest BCUT2D eigenvalue weighted by atomic mass is 9.84. The van der Waals surface area contributed by atoms with Crippen molar-refractivity contribution in [3.05, 3.63) is 42.7 Å². The average Bonchev–Trinajstić information content (AvgIpc) is 3.51. The quantitative estimate of drug-likeness (QED) is 0.559. The highest BCUT2D eigenvalue weighted by Crippen LogP contribution is 2.41. The van der Waals surface area contributed by atoms with Crippen LogP contribution in [-0.2, 0) is 0 Å². The Labute approximate surface area is 157 Å². The standard InChI is InChI=1S/C8H8OS.C5H3BrOS.C3H7BO2/c9-4-8-3-7(5-10-8)6-1-2-6;6-4-1-5(2-7)8-3-4;5-4(6)3-1-2-3/h3-6H,1-2H2;1-3H;3,5-6H,1-2H2. The Morgan fingerprint density at radius 2 is 1.58 bits per heavy atom. The molecular weight excluding hydrogens is 411 g/mol. The van der Waals surface area contributed by atoms with Crippen LogP contribution in [0.1, 0.15) is 56.5 Å². The van der Waals surface area contributed by atoms with Crippen LogP contribution in [0.5, 0.6) is 0 Å². The van der Waals surface area contributed by atoms with Crippen molar-refractivity contribution < 1.29 is 19.6 Å². The zero-order valence-corrected chi connectivity index (χ0v) is 16.1. The Bertz CT molecular complexity index is 663. The molecule has 0 unspecified atom stereocenters. The van der Waals surface area contributed by atoms with Crippen LogP contribution in [0.2, 0.25) is 5.82 Å². The van der Waals surface area contributed by atoms with Crippen LogP contribution in [0.3, 0.4) is 0 Å². The highest BCUT2D eigenvalue weighted by molar-refractivity contribution is 9.10. The van der Waals surface area contributed by atoms with Gasteiger partial charge in [-0.25, -0.2) is 0 Å². The van der Waals surface area contributed by atoms with Gasteiger partial charge in [-0.15, -0.1) is 22.7 Å². The maximum atomic E-state index is 10.3. The molecule has 4 nitrogen and oxygen atoms in total. The first-order chi connectivity index (χ1) is 11.5. The fourth-order valence-corrected chi connectivity index (χ4v) is 3.88.